The molecule has 0 aromatic carbocycles. The van der Waals surface area contributed by atoms with Crippen LogP contribution in [0.5, 0.6) is 0 Å². The van der Waals surface area contributed by atoms with Gasteiger partial charge in [-0.1, -0.05) is 48.5 Å². The zero-order valence-electron chi connectivity index (χ0n) is 10.9. The maximum atomic E-state index is 2.04. The van der Waals surface area contributed by atoms with Crippen molar-refractivity contribution in [1.82, 2.24) is 0 Å². The van der Waals surface area contributed by atoms with Crippen LogP contribution in [0.3, 0.4) is 0 Å². The summed E-state index contributed by atoms with van der Waals surface area (Å²) in [5.74, 6) is 0. The van der Waals surface area contributed by atoms with Crippen molar-refractivity contribution in [2.24, 2.45) is 0 Å². The van der Waals surface area contributed by atoms with Crippen molar-refractivity contribution in [1.29, 1.82) is 0 Å². The van der Waals surface area contributed by atoms with Gasteiger partial charge in [0.25, 0.3) is 0 Å². The third-order valence-electron chi connectivity index (χ3n) is 1.70. The third kappa shape index (κ3) is 15.8. The maximum absolute atomic E-state index is 2.04. The molecule has 0 radical (unpaired) electrons. The van der Waals surface area contributed by atoms with Crippen LogP contribution in [0, 0.1) is 0 Å². The Morgan fingerprint density at radius 3 is 0.476 bits per heavy atom. The van der Waals surface area contributed by atoms with E-state index in [9.17, 15) is 0 Å². The first kappa shape index (κ1) is 20.6. The van der Waals surface area contributed by atoms with Gasteiger partial charge in [-0.2, -0.15) is 45.3 Å². The Morgan fingerprint density at radius 2 is 0.429 bits per heavy atom. The number of thiophene rings is 4. The van der Waals surface area contributed by atoms with Crippen LogP contribution in [0.15, 0.2) is 91.6 Å². The largest absolute Gasteiger partial charge is 0.152 e. The minimum Gasteiger partial charge on any atom is -0.152 e. The zero-order chi connectivity index (χ0) is 14.1. The summed E-state index contributed by atoms with van der Waals surface area (Å²) in [6.45, 7) is 0. The predicted octanol–water partition coefficient (Wildman–Crippen LogP) is 5.54. The molecule has 4 aromatic rings. The van der Waals surface area contributed by atoms with Gasteiger partial charge >= 0.3 is 23.9 Å². The predicted molar refractivity (Wildman–Crippen MR) is 109 cm³/mol. The van der Waals surface area contributed by atoms with E-state index >= 15 is 0 Å². The second kappa shape index (κ2) is 17.6. The van der Waals surface area contributed by atoms with Crippen LogP contribution in [-0.4, -0.2) is 23.9 Å². The molecule has 0 nitrogen and oxygen atoms in total. The van der Waals surface area contributed by atoms with Crippen LogP contribution in [0.2, 0.25) is 0 Å². The van der Waals surface area contributed by atoms with Crippen molar-refractivity contribution >= 4 is 69.3 Å². The van der Waals surface area contributed by atoms with Gasteiger partial charge < -0.3 is 0 Å². The fourth-order valence-corrected chi connectivity index (χ4v) is 2.72. The molecule has 0 spiro atoms. The van der Waals surface area contributed by atoms with Crippen LogP contribution in [0.1, 0.15) is 0 Å². The van der Waals surface area contributed by atoms with Gasteiger partial charge in [-0.05, 0) is 43.0 Å². The Labute approximate surface area is 159 Å². The smallest absolute Gasteiger partial charge is 0.00934 e. The van der Waals surface area contributed by atoms with Gasteiger partial charge in [0.2, 0.25) is 0 Å². The Kier molecular flexibility index (Phi) is 17.3. The van der Waals surface area contributed by atoms with E-state index in [2.05, 4.69) is 0 Å². The molecule has 4 heterocycles. The van der Waals surface area contributed by atoms with E-state index in [0.717, 1.165) is 0 Å². The normalized spacial score (nSPS) is 7.62. The van der Waals surface area contributed by atoms with Crippen LogP contribution in [0.25, 0.3) is 0 Å². The Hall–Kier alpha value is -0.401. The molecular weight excluding hydrogens is 439 g/mol. The van der Waals surface area contributed by atoms with Gasteiger partial charge in [0, 0.05) is 0 Å². The molecule has 0 amide bonds. The van der Waals surface area contributed by atoms with Crippen LogP contribution < -0.4 is 0 Å². The van der Waals surface area contributed by atoms with Gasteiger partial charge in [0.1, 0.15) is 0 Å². The second-order valence-corrected chi connectivity index (χ2v) is 6.44. The van der Waals surface area contributed by atoms with Crippen molar-refractivity contribution in [2.45, 2.75) is 0 Å². The average molecular weight is 459 g/mol. The molecule has 112 valence electrons. The van der Waals surface area contributed by atoms with Crippen molar-refractivity contribution in [3.63, 3.8) is 0 Å². The number of hydrogen-bond donors (Lipinski definition) is 0. The van der Waals surface area contributed by atoms with E-state index in [4.69, 9.17) is 0 Å². The first-order valence-corrected chi connectivity index (χ1v) is 9.66. The molecular formula is C16H20S4Sn. The Morgan fingerprint density at radius 1 is 0.286 bits per heavy atom. The summed E-state index contributed by atoms with van der Waals surface area (Å²) in [7, 11) is 0. The van der Waals surface area contributed by atoms with Crippen molar-refractivity contribution in [3.8, 4) is 0 Å². The molecule has 4 aromatic heterocycles. The monoisotopic (exact) mass is 460 g/mol. The molecule has 0 bridgehead atoms. The molecule has 0 fully saturated rings. The molecule has 0 aliphatic heterocycles. The Bertz CT molecular complexity index is 351. The summed E-state index contributed by atoms with van der Waals surface area (Å²) >= 11 is 6.85. The van der Waals surface area contributed by atoms with Gasteiger partial charge in [-0.15, -0.1) is 0 Å². The first-order chi connectivity index (χ1) is 10.0. The SMILES string of the molecule is [SnH4].c1ccsc1.c1ccsc1.c1ccsc1.c1ccsc1. The Balaban J connectivity index is 0.000000250. The summed E-state index contributed by atoms with van der Waals surface area (Å²) in [5.41, 5.74) is 0. The molecule has 0 aliphatic carbocycles. The molecule has 0 atom stereocenters. The molecule has 0 saturated heterocycles. The number of rotatable bonds is 0. The van der Waals surface area contributed by atoms with Gasteiger partial charge in [0.05, 0.1) is 0 Å². The quantitative estimate of drug-likeness (QED) is 0.303. The fraction of sp³-hybridized carbons (Fsp3) is 0. The molecule has 0 saturated carbocycles. The van der Waals surface area contributed by atoms with Crippen molar-refractivity contribution in [2.75, 3.05) is 0 Å². The summed E-state index contributed by atoms with van der Waals surface area (Å²) in [6.07, 6.45) is 0. The molecule has 5 heteroatoms. The van der Waals surface area contributed by atoms with Crippen LogP contribution >= 0.6 is 45.3 Å². The van der Waals surface area contributed by atoms with Gasteiger partial charge in [-0.3, -0.25) is 0 Å². The standard InChI is InChI=1S/4C4H4S.Sn.4H/c4*1-2-4-5-3-1;;;;;/h4*1-4H;;;;;. The topological polar surface area (TPSA) is 0 Å². The molecule has 4 rings (SSSR count). The zero-order valence-corrected chi connectivity index (χ0v) is 14.1. The average Bonchev–Trinajstić information content (AvgIpc) is 3.40. The summed E-state index contributed by atoms with van der Waals surface area (Å²) in [6, 6.07) is 16.1. The van der Waals surface area contributed by atoms with E-state index in [1.807, 2.05) is 91.6 Å². The maximum Gasteiger partial charge on any atom is -0.00934 e. The van der Waals surface area contributed by atoms with E-state index < -0.39 is 0 Å². The van der Waals surface area contributed by atoms with Crippen LogP contribution in [-0.2, 0) is 0 Å². The summed E-state index contributed by atoms with van der Waals surface area (Å²) < 4.78 is 0. The first-order valence-electron chi connectivity index (χ1n) is 5.89. The molecule has 21 heavy (non-hydrogen) atoms. The molecule has 0 aliphatic rings. The molecule has 0 N–H and O–H groups in total. The van der Waals surface area contributed by atoms with E-state index in [0.29, 0.717) is 0 Å². The second-order valence-electron chi connectivity index (χ2n) is 3.17. The summed E-state index contributed by atoms with van der Waals surface area (Å²) in [5, 5.41) is 16.3. The van der Waals surface area contributed by atoms with E-state index in [-0.39, 0.29) is 23.9 Å². The third-order valence-corrected chi connectivity index (χ3v) is 4.22. The minimum absolute atomic E-state index is 0. The van der Waals surface area contributed by atoms with E-state index in [1.165, 1.54) is 0 Å². The molecule has 0 unspecified atom stereocenters. The summed E-state index contributed by atoms with van der Waals surface area (Å²) in [4.78, 5) is 0. The minimum atomic E-state index is 0. The van der Waals surface area contributed by atoms with Gasteiger partial charge in [-0.25, -0.2) is 0 Å². The number of hydrogen-bond acceptors (Lipinski definition) is 4. The van der Waals surface area contributed by atoms with Crippen molar-refractivity contribution < 1.29 is 0 Å². The van der Waals surface area contributed by atoms with Crippen LogP contribution in [0.4, 0.5) is 0 Å². The fourth-order valence-electron chi connectivity index (χ4n) is 0.907. The van der Waals surface area contributed by atoms with E-state index in [1.54, 1.807) is 45.3 Å². The van der Waals surface area contributed by atoms with Gasteiger partial charge in [0.15, 0.2) is 0 Å². The van der Waals surface area contributed by atoms with Crippen molar-refractivity contribution in [3.05, 3.63) is 91.6 Å².